The van der Waals surface area contributed by atoms with Crippen molar-refractivity contribution in [1.29, 1.82) is 0 Å². The monoisotopic (exact) mass is 372 g/mol. The average Bonchev–Trinajstić information content (AvgIpc) is 2.24. The summed E-state index contributed by atoms with van der Waals surface area (Å²) >= 11 is 11.6. The number of sulfonamides is 1. The number of benzene rings is 1. The minimum atomic E-state index is -4.07. The standard InChI is InChI=1S/C11H14Cl2N2O4S2/c1-6(5-20(2)17)15-11(16)7-3-10(21(14,18)19)9(13)4-8(7)12/h3-4,6H,5H2,1-2H3,(H,15,16)(H2,14,18,19). The molecule has 0 bridgehead atoms. The maximum atomic E-state index is 12.1. The fraction of sp³-hybridized carbons (Fsp3) is 0.364. The number of carbonyl (C=O) groups excluding carboxylic acids is 1. The van der Waals surface area contributed by atoms with Crippen molar-refractivity contribution in [3.05, 3.63) is 27.7 Å². The van der Waals surface area contributed by atoms with Gasteiger partial charge in [0.1, 0.15) is 4.90 Å². The lowest BCUT2D eigenvalue weighted by Crippen LogP contribution is -2.36. The van der Waals surface area contributed by atoms with Crippen molar-refractivity contribution in [2.45, 2.75) is 17.9 Å². The van der Waals surface area contributed by atoms with Crippen LogP contribution >= 0.6 is 23.2 Å². The number of nitrogens with two attached hydrogens (primary N) is 1. The van der Waals surface area contributed by atoms with Crippen molar-refractivity contribution < 1.29 is 17.4 Å². The Labute approximate surface area is 135 Å². The Morgan fingerprint density at radius 2 is 1.95 bits per heavy atom. The molecule has 0 saturated heterocycles. The van der Waals surface area contributed by atoms with Crippen LogP contribution in [0.2, 0.25) is 10.0 Å². The van der Waals surface area contributed by atoms with Crippen LogP contribution in [0.25, 0.3) is 0 Å². The van der Waals surface area contributed by atoms with Crippen molar-refractivity contribution >= 4 is 49.9 Å². The van der Waals surface area contributed by atoms with E-state index in [-0.39, 0.29) is 32.3 Å². The Morgan fingerprint density at radius 1 is 1.38 bits per heavy atom. The van der Waals surface area contributed by atoms with Gasteiger partial charge < -0.3 is 5.32 Å². The third-order valence-corrected chi connectivity index (χ3v) is 5.09. The number of amides is 1. The molecular formula is C11H14Cl2N2O4S2. The first kappa shape index (κ1) is 18.4. The first-order chi connectivity index (χ1) is 9.52. The molecule has 0 radical (unpaired) electrons. The Balaban J connectivity index is 3.13. The lowest BCUT2D eigenvalue weighted by molar-refractivity contribution is 0.0943. The highest BCUT2D eigenvalue weighted by molar-refractivity contribution is 7.89. The summed E-state index contributed by atoms with van der Waals surface area (Å²) in [7, 11) is -5.15. The third kappa shape index (κ3) is 5.23. The molecule has 0 aliphatic rings. The van der Waals surface area contributed by atoms with Gasteiger partial charge in [-0.3, -0.25) is 9.00 Å². The molecule has 21 heavy (non-hydrogen) atoms. The van der Waals surface area contributed by atoms with Crippen LogP contribution in [0.15, 0.2) is 17.0 Å². The number of halogens is 2. The highest BCUT2D eigenvalue weighted by atomic mass is 35.5. The van der Waals surface area contributed by atoms with Gasteiger partial charge in [-0.1, -0.05) is 23.2 Å². The van der Waals surface area contributed by atoms with E-state index in [2.05, 4.69) is 5.32 Å². The van der Waals surface area contributed by atoms with Gasteiger partial charge in [0.2, 0.25) is 10.0 Å². The molecule has 0 spiro atoms. The quantitative estimate of drug-likeness (QED) is 0.807. The topological polar surface area (TPSA) is 106 Å². The number of hydrogen-bond donors (Lipinski definition) is 2. The third-order valence-electron chi connectivity index (χ3n) is 2.43. The summed E-state index contributed by atoms with van der Waals surface area (Å²) < 4.78 is 33.9. The van der Waals surface area contributed by atoms with Gasteiger partial charge in [-0.25, -0.2) is 13.6 Å². The molecule has 2 atom stereocenters. The van der Waals surface area contributed by atoms with E-state index in [1.807, 2.05) is 0 Å². The molecule has 1 rings (SSSR count). The van der Waals surface area contributed by atoms with Crippen LogP contribution in [0.3, 0.4) is 0 Å². The summed E-state index contributed by atoms with van der Waals surface area (Å²) in [6, 6.07) is 1.79. The largest absolute Gasteiger partial charge is 0.349 e. The number of primary sulfonamides is 1. The minimum absolute atomic E-state index is 0.00489. The smallest absolute Gasteiger partial charge is 0.253 e. The molecule has 0 saturated carbocycles. The van der Waals surface area contributed by atoms with Gasteiger partial charge in [0.25, 0.3) is 5.91 Å². The summed E-state index contributed by atoms with van der Waals surface area (Å²) in [5.74, 6) is -0.335. The number of nitrogens with one attached hydrogen (secondary N) is 1. The SMILES string of the molecule is CC(CS(C)=O)NC(=O)c1cc(S(N)(=O)=O)c(Cl)cc1Cl. The van der Waals surface area contributed by atoms with Crippen LogP contribution in [0, 0.1) is 0 Å². The normalized spacial score (nSPS) is 14.5. The van der Waals surface area contributed by atoms with Crippen molar-refractivity contribution in [3.63, 3.8) is 0 Å². The second kappa shape index (κ2) is 7.06. The second-order valence-electron chi connectivity index (χ2n) is 4.42. The lowest BCUT2D eigenvalue weighted by atomic mass is 10.2. The van der Waals surface area contributed by atoms with Gasteiger partial charge in [0, 0.05) is 28.9 Å². The molecule has 2 unspecified atom stereocenters. The van der Waals surface area contributed by atoms with E-state index in [9.17, 15) is 17.4 Å². The summed E-state index contributed by atoms with van der Waals surface area (Å²) in [6.07, 6.45) is 1.51. The highest BCUT2D eigenvalue weighted by Crippen LogP contribution is 2.28. The molecule has 1 aromatic carbocycles. The number of carbonyl (C=O) groups is 1. The predicted octanol–water partition coefficient (Wildman–Crippen LogP) is 1.14. The van der Waals surface area contributed by atoms with Gasteiger partial charge >= 0.3 is 0 Å². The molecule has 3 N–H and O–H groups in total. The average molecular weight is 373 g/mol. The van der Waals surface area contributed by atoms with Crippen LogP contribution in [-0.4, -0.2) is 36.6 Å². The van der Waals surface area contributed by atoms with E-state index in [1.165, 1.54) is 6.26 Å². The molecule has 6 nitrogen and oxygen atoms in total. The minimum Gasteiger partial charge on any atom is -0.349 e. The zero-order valence-electron chi connectivity index (χ0n) is 11.2. The van der Waals surface area contributed by atoms with E-state index in [1.54, 1.807) is 6.92 Å². The van der Waals surface area contributed by atoms with Crippen molar-refractivity contribution in [1.82, 2.24) is 5.32 Å². The summed E-state index contributed by atoms with van der Waals surface area (Å²) in [6.45, 7) is 1.67. The molecular weight excluding hydrogens is 359 g/mol. The Kier molecular flexibility index (Phi) is 6.18. The Hall–Kier alpha value is -0.670. The van der Waals surface area contributed by atoms with E-state index < -0.39 is 26.7 Å². The molecule has 1 amide bonds. The zero-order chi connectivity index (χ0) is 16.4. The Bertz CT molecular complexity index is 692. The zero-order valence-corrected chi connectivity index (χ0v) is 14.4. The molecule has 0 fully saturated rings. The van der Waals surface area contributed by atoms with E-state index in [4.69, 9.17) is 28.3 Å². The molecule has 0 aliphatic carbocycles. The first-order valence-corrected chi connectivity index (χ1v) is 9.68. The van der Waals surface area contributed by atoms with Gasteiger partial charge in [-0.05, 0) is 19.1 Å². The number of hydrogen-bond acceptors (Lipinski definition) is 4. The van der Waals surface area contributed by atoms with Crippen LogP contribution in [0.5, 0.6) is 0 Å². The molecule has 118 valence electrons. The van der Waals surface area contributed by atoms with Crippen molar-refractivity contribution in [2.24, 2.45) is 5.14 Å². The van der Waals surface area contributed by atoms with Crippen LogP contribution in [0.1, 0.15) is 17.3 Å². The van der Waals surface area contributed by atoms with Crippen LogP contribution in [-0.2, 0) is 20.8 Å². The predicted molar refractivity (Wildman–Crippen MR) is 83.7 cm³/mol. The van der Waals surface area contributed by atoms with Gasteiger partial charge in [-0.15, -0.1) is 0 Å². The maximum absolute atomic E-state index is 12.1. The van der Waals surface area contributed by atoms with E-state index in [0.29, 0.717) is 0 Å². The molecule has 0 aromatic heterocycles. The van der Waals surface area contributed by atoms with Crippen LogP contribution in [0.4, 0.5) is 0 Å². The molecule has 10 heteroatoms. The van der Waals surface area contributed by atoms with Gasteiger partial charge in [0.15, 0.2) is 0 Å². The van der Waals surface area contributed by atoms with Crippen LogP contribution < -0.4 is 10.5 Å². The highest BCUT2D eigenvalue weighted by Gasteiger charge is 2.20. The fourth-order valence-corrected chi connectivity index (χ4v) is 3.81. The summed E-state index contributed by atoms with van der Waals surface area (Å²) in [4.78, 5) is 11.7. The molecule has 0 heterocycles. The van der Waals surface area contributed by atoms with Gasteiger partial charge in [-0.2, -0.15) is 0 Å². The lowest BCUT2D eigenvalue weighted by Gasteiger charge is -2.14. The summed E-state index contributed by atoms with van der Waals surface area (Å²) in [5.41, 5.74) is -0.0705. The second-order valence-corrected chi connectivity index (χ2v) is 8.25. The van der Waals surface area contributed by atoms with Crippen molar-refractivity contribution in [3.8, 4) is 0 Å². The fourth-order valence-electron chi connectivity index (χ4n) is 1.62. The molecule has 1 aromatic rings. The van der Waals surface area contributed by atoms with E-state index in [0.717, 1.165) is 12.1 Å². The number of rotatable bonds is 5. The Morgan fingerprint density at radius 3 is 2.43 bits per heavy atom. The van der Waals surface area contributed by atoms with Crippen molar-refractivity contribution in [2.75, 3.05) is 12.0 Å². The maximum Gasteiger partial charge on any atom is 0.253 e. The van der Waals surface area contributed by atoms with Gasteiger partial charge in [0.05, 0.1) is 15.6 Å². The molecule has 0 aliphatic heterocycles. The first-order valence-electron chi connectivity index (χ1n) is 5.65. The van der Waals surface area contributed by atoms with E-state index >= 15 is 0 Å². The summed E-state index contributed by atoms with van der Waals surface area (Å²) in [5, 5.41) is 7.42.